The Bertz CT molecular complexity index is 722. The summed E-state index contributed by atoms with van der Waals surface area (Å²) >= 11 is 3.44. The Morgan fingerprint density at radius 2 is 1.95 bits per heavy atom. The quantitative estimate of drug-likeness (QED) is 0.686. The van der Waals surface area contributed by atoms with Crippen LogP contribution < -0.4 is 10.0 Å². The van der Waals surface area contributed by atoms with Gasteiger partial charge in [0, 0.05) is 21.8 Å². The van der Waals surface area contributed by atoms with Crippen LogP contribution in [-0.4, -0.2) is 14.5 Å². The fourth-order valence-corrected chi connectivity index (χ4v) is 4.49. The number of rotatable bonds is 6. The fourth-order valence-electron chi connectivity index (χ4n) is 1.86. The van der Waals surface area contributed by atoms with E-state index in [9.17, 15) is 8.42 Å². The summed E-state index contributed by atoms with van der Waals surface area (Å²) in [6.45, 7) is 0.736. The lowest BCUT2D eigenvalue weighted by Gasteiger charge is -2.06. The minimum Gasteiger partial charge on any atom is -0.310 e. The van der Waals surface area contributed by atoms with Crippen molar-refractivity contribution in [3.63, 3.8) is 0 Å². The van der Waals surface area contributed by atoms with Crippen molar-refractivity contribution in [3.05, 3.63) is 44.8 Å². The molecule has 2 N–H and O–H groups in total. The molecule has 2 aromatic rings. The summed E-state index contributed by atoms with van der Waals surface area (Å²) in [6.07, 6.45) is 2.45. The van der Waals surface area contributed by atoms with Gasteiger partial charge in [0.05, 0.1) is 0 Å². The molecule has 1 aromatic carbocycles. The van der Waals surface area contributed by atoms with Crippen molar-refractivity contribution < 1.29 is 8.42 Å². The molecule has 0 spiro atoms. The summed E-state index contributed by atoms with van der Waals surface area (Å²) in [4.78, 5) is 0. The van der Waals surface area contributed by atoms with Gasteiger partial charge < -0.3 is 5.32 Å². The van der Waals surface area contributed by atoms with Crippen LogP contribution >= 0.6 is 33.9 Å². The minimum atomic E-state index is -3.49. The Labute approximate surface area is 142 Å². The van der Waals surface area contributed by atoms with Gasteiger partial charge in [-0.15, -0.1) is 11.3 Å². The zero-order valence-corrected chi connectivity index (χ0v) is 15.0. The lowest BCUT2D eigenvalue weighted by Crippen LogP contribution is -2.15. The van der Waals surface area contributed by atoms with Crippen molar-refractivity contribution in [2.45, 2.75) is 29.6 Å². The van der Waals surface area contributed by atoms with E-state index in [1.807, 2.05) is 17.5 Å². The van der Waals surface area contributed by atoms with Crippen LogP contribution in [0.4, 0.5) is 5.69 Å². The summed E-state index contributed by atoms with van der Waals surface area (Å²) in [5.74, 6) is 0. The third-order valence-corrected chi connectivity index (χ3v) is 6.75. The third kappa shape index (κ3) is 4.18. The highest BCUT2D eigenvalue weighted by atomic mass is 127. The molecule has 21 heavy (non-hydrogen) atoms. The average molecular weight is 434 g/mol. The molecule has 0 bridgehead atoms. The summed E-state index contributed by atoms with van der Waals surface area (Å²) in [7, 11) is -3.49. The van der Waals surface area contributed by atoms with E-state index in [0.717, 1.165) is 15.7 Å². The van der Waals surface area contributed by atoms with Gasteiger partial charge in [-0.2, -0.15) is 0 Å². The van der Waals surface area contributed by atoms with Gasteiger partial charge in [0.25, 0.3) is 10.0 Å². The van der Waals surface area contributed by atoms with Crippen molar-refractivity contribution in [2.75, 3.05) is 4.72 Å². The second-order valence-corrected chi connectivity index (χ2v) is 9.11. The van der Waals surface area contributed by atoms with Crippen LogP contribution in [-0.2, 0) is 16.6 Å². The normalized spacial score (nSPS) is 15.1. The van der Waals surface area contributed by atoms with E-state index in [1.54, 1.807) is 18.2 Å². The molecule has 0 aliphatic heterocycles. The summed E-state index contributed by atoms with van der Waals surface area (Å²) in [5.41, 5.74) is 1.61. The maximum atomic E-state index is 12.3. The molecule has 1 aromatic heterocycles. The number of hydrogen-bond donors (Lipinski definition) is 2. The Balaban J connectivity index is 1.69. The van der Waals surface area contributed by atoms with E-state index in [0.29, 0.717) is 15.9 Å². The highest BCUT2D eigenvalue weighted by Crippen LogP contribution is 2.25. The average Bonchev–Trinajstić information content (AvgIpc) is 3.15. The van der Waals surface area contributed by atoms with E-state index in [1.165, 1.54) is 24.2 Å². The van der Waals surface area contributed by atoms with Crippen LogP contribution in [0.2, 0.25) is 0 Å². The van der Waals surface area contributed by atoms with Crippen LogP contribution in [0, 0.1) is 3.57 Å². The number of thiophene rings is 1. The fraction of sp³-hybridized carbons (Fsp3) is 0.286. The zero-order chi connectivity index (χ0) is 14.9. The molecule has 0 saturated heterocycles. The second-order valence-electron chi connectivity index (χ2n) is 5.04. The van der Waals surface area contributed by atoms with E-state index in [-0.39, 0.29) is 0 Å². The number of anilines is 1. The standard InChI is InChI=1S/C14H15IN2O2S2/c15-11-1-3-13(4-2-11)17-21(18,19)14-7-10(9-20-14)8-16-12-5-6-12/h1-4,7,9,12,16-17H,5-6,8H2. The van der Waals surface area contributed by atoms with Gasteiger partial charge in [0.2, 0.25) is 0 Å². The second kappa shape index (κ2) is 6.23. The summed E-state index contributed by atoms with van der Waals surface area (Å²) in [6, 6.07) is 9.64. The van der Waals surface area contributed by atoms with Gasteiger partial charge in [0.1, 0.15) is 4.21 Å². The first-order chi connectivity index (χ1) is 10.0. The van der Waals surface area contributed by atoms with Gasteiger partial charge >= 0.3 is 0 Å². The maximum Gasteiger partial charge on any atom is 0.271 e. The van der Waals surface area contributed by atoms with Crippen molar-refractivity contribution in [2.24, 2.45) is 0 Å². The molecule has 1 aliphatic carbocycles. The molecule has 0 unspecified atom stereocenters. The molecule has 0 amide bonds. The molecule has 4 nitrogen and oxygen atoms in total. The monoisotopic (exact) mass is 434 g/mol. The molecule has 0 radical (unpaired) electrons. The molecule has 0 atom stereocenters. The van der Waals surface area contributed by atoms with Crippen molar-refractivity contribution >= 4 is 49.6 Å². The first kappa shape index (κ1) is 15.3. The number of nitrogens with one attached hydrogen (secondary N) is 2. The van der Waals surface area contributed by atoms with Crippen LogP contribution in [0.3, 0.4) is 0 Å². The number of halogens is 1. The van der Waals surface area contributed by atoms with Gasteiger partial charge in [-0.05, 0) is 76.7 Å². The number of benzene rings is 1. The first-order valence-electron chi connectivity index (χ1n) is 6.62. The highest BCUT2D eigenvalue weighted by molar-refractivity contribution is 14.1. The van der Waals surface area contributed by atoms with Crippen molar-refractivity contribution in [3.8, 4) is 0 Å². The molecule has 112 valence electrons. The van der Waals surface area contributed by atoms with E-state index >= 15 is 0 Å². The topological polar surface area (TPSA) is 58.2 Å². The maximum absolute atomic E-state index is 12.3. The van der Waals surface area contributed by atoms with Gasteiger partial charge in [0.15, 0.2) is 0 Å². The third-order valence-electron chi connectivity index (χ3n) is 3.16. The molecule has 3 rings (SSSR count). The van der Waals surface area contributed by atoms with E-state index < -0.39 is 10.0 Å². The van der Waals surface area contributed by atoms with Gasteiger partial charge in [-0.3, -0.25) is 4.72 Å². The Hall–Kier alpha value is -0.640. The van der Waals surface area contributed by atoms with Crippen LogP contribution in [0.25, 0.3) is 0 Å². The van der Waals surface area contributed by atoms with Gasteiger partial charge in [-0.25, -0.2) is 8.42 Å². The SMILES string of the molecule is O=S(=O)(Nc1ccc(I)cc1)c1cc(CNC2CC2)cs1. The van der Waals surface area contributed by atoms with Gasteiger partial charge in [-0.1, -0.05) is 0 Å². The highest BCUT2D eigenvalue weighted by Gasteiger charge is 2.21. The van der Waals surface area contributed by atoms with Crippen LogP contribution in [0.1, 0.15) is 18.4 Å². The Morgan fingerprint density at radius 3 is 2.62 bits per heavy atom. The first-order valence-corrected chi connectivity index (χ1v) is 10.1. The Morgan fingerprint density at radius 1 is 1.24 bits per heavy atom. The number of sulfonamides is 1. The van der Waals surface area contributed by atoms with Crippen LogP contribution in [0.5, 0.6) is 0 Å². The summed E-state index contributed by atoms with van der Waals surface area (Å²) < 4.78 is 28.7. The summed E-state index contributed by atoms with van der Waals surface area (Å²) in [5, 5.41) is 5.28. The van der Waals surface area contributed by atoms with Crippen LogP contribution in [0.15, 0.2) is 39.9 Å². The van der Waals surface area contributed by atoms with E-state index in [4.69, 9.17) is 0 Å². The molecule has 1 fully saturated rings. The smallest absolute Gasteiger partial charge is 0.271 e. The molecule has 7 heteroatoms. The zero-order valence-electron chi connectivity index (χ0n) is 11.2. The van der Waals surface area contributed by atoms with Crippen molar-refractivity contribution in [1.29, 1.82) is 0 Å². The molecular weight excluding hydrogens is 419 g/mol. The molecular formula is C14H15IN2O2S2. The molecule has 1 saturated carbocycles. The number of hydrogen-bond acceptors (Lipinski definition) is 4. The molecule has 1 heterocycles. The minimum absolute atomic E-state index is 0.355. The predicted octanol–water partition coefficient (Wildman–Crippen LogP) is 3.41. The lowest BCUT2D eigenvalue weighted by molar-refractivity contribution is 0.603. The Kier molecular flexibility index (Phi) is 4.53. The van der Waals surface area contributed by atoms with E-state index in [2.05, 4.69) is 32.6 Å². The lowest BCUT2D eigenvalue weighted by atomic mass is 10.3. The largest absolute Gasteiger partial charge is 0.310 e. The van der Waals surface area contributed by atoms with Crippen molar-refractivity contribution in [1.82, 2.24) is 5.32 Å². The predicted molar refractivity (Wildman–Crippen MR) is 94.1 cm³/mol. The molecule has 1 aliphatic rings.